The lowest BCUT2D eigenvalue weighted by Gasteiger charge is -2.29. The highest BCUT2D eigenvalue weighted by molar-refractivity contribution is 5.98. The first kappa shape index (κ1) is 18.3. The van der Waals surface area contributed by atoms with Crippen molar-refractivity contribution >= 4 is 11.6 Å². The molecule has 1 fully saturated rings. The Labute approximate surface area is 144 Å². The number of rotatable bonds is 9. The lowest BCUT2D eigenvalue weighted by atomic mass is 9.98. The first-order valence-electron chi connectivity index (χ1n) is 8.67. The van der Waals surface area contributed by atoms with Crippen LogP contribution in [0.2, 0.25) is 0 Å². The van der Waals surface area contributed by atoms with Crippen molar-refractivity contribution in [1.29, 1.82) is 5.26 Å². The lowest BCUT2D eigenvalue weighted by molar-refractivity contribution is -0.142. The van der Waals surface area contributed by atoms with E-state index in [2.05, 4.69) is 11.4 Å². The molecule has 0 aromatic heterocycles. The number of anilines is 1. The molecule has 0 bridgehead atoms. The number of amides is 1. The van der Waals surface area contributed by atoms with E-state index in [0.717, 1.165) is 25.7 Å². The van der Waals surface area contributed by atoms with Crippen molar-refractivity contribution in [2.45, 2.75) is 52.1 Å². The summed E-state index contributed by atoms with van der Waals surface area (Å²) in [5, 5.41) is 12.2. The van der Waals surface area contributed by atoms with Crippen LogP contribution in [0.5, 0.6) is 5.75 Å². The number of nitrogens with zero attached hydrogens (tertiary/aromatic N) is 1. The summed E-state index contributed by atoms with van der Waals surface area (Å²) < 4.78 is 11.4. The Morgan fingerprint density at radius 1 is 1.33 bits per heavy atom. The molecule has 0 saturated heterocycles. The molecular weight excluding hydrogens is 304 g/mol. The van der Waals surface area contributed by atoms with Crippen LogP contribution in [0.1, 0.15) is 52.0 Å². The summed E-state index contributed by atoms with van der Waals surface area (Å²) in [6.45, 7) is 7.04. The zero-order valence-electron chi connectivity index (χ0n) is 14.7. The molecule has 0 heterocycles. The van der Waals surface area contributed by atoms with Gasteiger partial charge in [0.2, 0.25) is 0 Å². The fraction of sp³-hybridized carbons (Fsp3) is 0.579. The normalized spacial score (nSPS) is 16.1. The predicted molar refractivity (Wildman–Crippen MR) is 92.9 cm³/mol. The molecule has 1 saturated carbocycles. The van der Waals surface area contributed by atoms with E-state index in [1.807, 2.05) is 20.8 Å². The van der Waals surface area contributed by atoms with E-state index in [4.69, 9.17) is 9.47 Å². The predicted octanol–water partition coefficient (Wildman–Crippen LogP) is 3.88. The Morgan fingerprint density at radius 2 is 2.04 bits per heavy atom. The van der Waals surface area contributed by atoms with Gasteiger partial charge in [0.15, 0.2) is 0 Å². The van der Waals surface area contributed by atoms with Gasteiger partial charge in [-0.3, -0.25) is 4.79 Å². The van der Waals surface area contributed by atoms with Crippen LogP contribution < -0.4 is 10.1 Å². The van der Waals surface area contributed by atoms with Crippen LogP contribution in [0.25, 0.3) is 0 Å². The molecule has 0 radical (unpaired) electrons. The largest absolute Gasteiger partial charge is 0.494 e. The first-order chi connectivity index (χ1) is 11.5. The third kappa shape index (κ3) is 4.27. The number of hydrogen-bond acceptors (Lipinski definition) is 4. The van der Waals surface area contributed by atoms with Crippen LogP contribution in [0.3, 0.4) is 0 Å². The third-order valence-corrected chi connectivity index (χ3v) is 4.25. The fourth-order valence-corrected chi connectivity index (χ4v) is 2.60. The van der Waals surface area contributed by atoms with E-state index < -0.39 is 5.60 Å². The number of nitriles is 1. The van der Waals surface area contributed by atoms with Crippen molar-refractivity contribution in [2.24, 2.45) is 5.92 Å². The van der Waals surface area contributed by atoms with Gasteiger partial charge in [0.05, 0.1) is 17.9 Å². The summed E-state index contributed by atoms with van der Waals surface area (Å²) >= 11 is 0. The molecule has 1 aromatic rings. The van der Waals surface area contributed by atoms with Crippen LogP contribution in [0, 0.1) is 17.2 Å². The van der Waals surface area contributed by atoms with E-state index in [-0.39, 0.29) is 11.8 Å². The number of carbonyl (C=O) groups excluding carboxylic acids is 1. The molecule has 1 N–H and O–H groups in total. The zero-order valence-corrected chi connectivity index (χ0v) is 14.7. The molecular formula is C19H26N2O3. The molecule has 0 spiro atoms. The van der Waals surface area contributed by atoms with Crippen molar-refractivity contribution < 1.29 is 14.3 Å². The maximum absolute atomic E-state index is 12.8. The van der Waals surface area contributed by atoms with Gasteiger partial charge in [-0.05, 0) is 56.7 Å². The first-order valence-corrected chi connectivity index (χ1v) is 8.67. The average molecular weight is 330 g/mol. The van der Waals surface area contributed by atoms with E-state index in [1.54, 1.807) is 18.2 Å². The van der Waals surface area contributed by atoms with Crippen molar-refractivity contribution in [3.8, 4) is 11.8 Å². The van der Waals surface area contributed by atoms with Crippen LogP contribution in [0.4, 0.5) is 5.69 Å². The topological polar surface area (TPSA) is 71.3 Å². The summed E-state index contributed by atoms with van der Waals surface area (Å²) in [6, 6.07) is 7.27. The second kappa shape index (κ2) is 8.16. The second-order valence-corrected chi connectivity index (χ2v) is 6.35. The van der Waals surface area contributed by atoms with Crippen molar-refractivity contribution in [1.82, 2.24) is 0 Å². The van der Waals surface area contributed by atoms with Crippen molar-refractivity contribution in [3.63, 3.8) is 0 Å². The maximum Gasteiger partial charge on any atom is 0.256 e. The van der Waals surface area contributed by atoms with Gasteiger partial charge in [-0.2, -0.15) is 5.26 Å². The highest BCUT2D eigenvalue weighted by Crippen LogP contribution is 2.42. The van der Waals surface area contributed by atoms with E-state index in [9.17, 15) is 10.1 Å². The molecule has 1 aromatic carbocycles. The molecule has 1 unspecified atom stereocenters. The Hall–Kier alpha value is -2.06. The molecule has 24 heavy (non-hydrogen) atoms. The number of carbonyl (C=O) groups is 1. The molecule has 1 amide bonds. The average Bonchev–Trinajstić information content (AvgIpc) is 3.44. The molecule has 5 heteroatoms. The number of benzene rings is 1. The minimum Gasteiger partial charge on any atom is -0.494 e. The number of hydrogen-bond donors (Lipinski definition) is 1. The van der Waals surface area contributed by atoms with Gasteiger partial charge >= 0.3 is 0 Å². The van der Waals surface area contributed by atoms with Gasteiger partial charge in [0.1, 0.15) is 17.4 Å². The molecule has 1 aliphatic carbocycles. The third-order valence-electron chi connectivity index (χ3n) is 4.25. The molecule has 130 valence electrons. The van der Waals surface area contributed by atoms with Gasteiger partial charge < -0.3 is 14.8 Å². The smallest absolute Gasteiger partial charge is 0.256 e. The SMILES string of the molecule is CCCOc1ccc(NC(=O)C(C)(OCCC)C2CC2)c(C#N)c1. The highest BCUT2D eigenvalue weighted by Gasteiger charge is 2.48. The molecule has 2 rings (SSSR count). The van der Waals surface area contributed by atoms with Gasteiger partial charge in [-0.15, -0.1) is 0 Å². The van der Waals surface area contributed by atoms with Crippen LogP contribution in [-0.4, -0.2) is 24.7 Å². The fourth-order valence-electron chi connectivity index (χ4n) is 2.60. The molecule has 5 nitrogen and oxygen atoms in total. The maximum atomic E-state index is 12.8. The minimum absolute atomic E-state index is 0.183. The Morgan fingerprint density at radius 3 is 2.62 bits per heavy atom. The Balaban J connectivity index is 2.13. The Bertz CT molecular complexity index is 620. The van der Waals surface area contributed by atoms with Crippen LogP contribution >= 0.6 is 0 Å². The van der Waals surface area contributed by atoms with E-state index in [0.29, 0.717) is 30.2 Å². The monoisotopic (exact) mass is 330 g/mol. The summed E-state index contributed by atoms with van der Waals surface area (Å²) in [7, 11) is 0. The number of nitrogens with one attached hydrogen (secondary N) is 1. The Kier molecular flexibility index (Phi) is 6.22. The van der Waals surface area contributed by atoms with Crippen molar-refractivity contribution in [3.05, 3.63) is 23.8 Å². The van der Waals surface area contributed by atoms with Gasteiger partial charge in [-0.25, -0.2) is 0 Å². The van der Waals surface area contributed by atoms with Gasteiger partial charge in [0.25, 0.3) is 5.91 Å². The van der Waals surface area contributed by atoms with Gasteiger partial charge in [0, 0.05) is 6.61 Å². The lowest BCUT2D eigenvalue weighted by Crippen LogP contribution is -2.45. The van der Waals surface area contributed by atoms with Crippen LogP contribution in [0.15, 0.2) is 18.2 Å². The standard InChI is InChI=1S/C19H26N2O3/c1-4-10-23-16-8-9-17(14(12-16)13-20)21-18(22)19(3,15-6-7-15)24-11-5-2/h8-9,12,15H,4-7,10-11H2,1-3H3,(H,21,22). The quantitative estimate of drug-likeness (QED) is 0.746. The zero-order chi connectivity index (χ0) is 17.6. The second-order valence-electron chi connectivity index (χ2n) is 6.35. The minimum atomic E-state index is -0.833. The summed E-state index contributed by atoms with van der Waals surface area (Å²) in [5.41, 5.74) is 0.0593. The number of ether oxygens (including phenoxy) is 2. The summed E-state index contributed by atoms with van der Waals surface area (Å²) in [4.78, 5) is 12.8. The van der Waals surface area contributed by atoms with E-state index >= 15 is 0 Å². The van der Waals surface area contributed by atoms with Gasteiger partial charge in [-0.1, -0.05) is 13.8 Å². The van der Waals surface area contributed by atoms with E-state index in [1.165, 1.54) is 0 Å². The molecule has 0 aliphatic heterocycles. The van der Waals surface area contributed by atoms with Crippen molar-refractivity contribution in [2.75, 3.05) is 18.5 Å². The summed E-state index contributed by atoms with van der Waals surface area (Å²) in [5.74, 6) is 0.706. The van der Waals surface area contributed by atoms with Crippen LogP contribution in [-0.2, 0) is 9.53 Å². The molecule has 1 atom stereocenters. The molecule has 1 aliphatic rings. The highest BCUT2D eigenvalue weighted by atomic mass is 16.5. The summed E-state index contributed by atoms with van der Waals surface area (Å²) in [6.07, 6.45) is 3.77.